The lowest BCUT2D eigenvalue weighted by molar-refractivity contribution is 0.263. The second-order valence-corrected chi connectivity index (χ2v) is 4.04. The van der Waals surface area contributed by atoms with Gasteiger partial charge in [0.15, 0.2) is 17.3 Å². The van der Waals surface area contributed by atoms with Gasteiger partial charge in [-0.1, -0.05) is 30.3 Å². The van der Waals surface area contributed by atoms with E-state index in [9.17, 15) is 4.39 Å². The third-order valence-electron chi connectivity index (χ3n) is 2.70. The van der Waals surface area contributed by atoms with Crippen molar-refractivity contribution in [2.24, 2.45) is 0 Å². The molecule has 0 saturated heterocycles. The van der Waals surface area contributed by atoms with Crippen LogP contribution in [0.25, 0.3) is 0 Å². The van der Waals surface area contributed by atoms with Crippen LogP contribution in [-0.4, -0.2) is 12.2 Å². The Morgan fingerprint density at radius 1 is 1.11 bits per heavy atom. The van der Waals surface area contributed by atoms with Gasteiger partial charge in [-0.05, 0) is 23.3 Å². The van der Waals surface area contributed by atoms with Crippen molar-refractivity contribution in [1.82, 2.24) is 0 Å². The highest BCUT2D eigenvalue weighted by Gasteiger charge is 2.13. The quantitative estimate of drug-likeness (QED) is 0.900. The second kappa shape index (κ2) is 6.20. The molecule has 0 bridgehead atoms. The van der Waals surface area contributed by atoms with E-state index in [0.29, 0.717) is 5.56 Å². The number of hydrogen-bond acceptors (Lipinski definition) is 3. The summed E-state index contributed by atoms with van der Waals surface area (Å²) < 4.78 is 24.4. The van der Waals surface area contributed by atoms with Crippen molar-refractivity contribution >= 4 is 0 Å². The van der Waals surface area contributed by atoms with Crippen LogP contribution in [0.1, 0.15) is 11.1 Å². The molecule has 4 heteroatoms. The van der Waals surface area contributed by atoms with E-state index >= 15 is 0 Å². The normalized spacial score (nSPS) is 10.3. The van der Waals surface area contributed by atoms with Crippen LogP contribution in [0.3, 0.4) is 0 Å². The largest absolute Gasteiger partial charge is 0.493 e. The number of hydrogen-bond donors (Lipinski definition) is 1. The van der Waals surface area contributed by atoms with Crippen molar-refractivity contribution in [3.05, 3.63) is 59.4 Å². The molecular formula is C15H15FO3. The molecule has 0 radical (unpaired) electrons. The number of methoxy groups -OCH3 is 1. The van der Waals surface area contributed by atoms with Crippen molar-refractivity contribution in [2.75, 3.05) is 7.11 Å². The predicted molar refractivity (Wildman–Crippen MR) is 69.6 cm³/mol. The Hall–Kier alpha value is -2.07. The molecule has 0 amide bonds. The Morgan fingerprint density at radius 3 is 2.47 bits per heavy atom. The van der Waals surface area contributed by atoms with Crippen LogP contribution in [0, 0.1) is 5.82 Å². The van der Waals surface area contributed by atoms with E-state index in [1.165, 1.54) is 13.2 Å². The first kappa shape index (κ1) is 13.4. The van der Waals surface area contributed by atoms with Gasteiger partial charge in [0.25, 0.3) is 0 Å². The fourth-order valence-corrected chi connectivity index (χ4v) is 1.73. The summed E-state index contributed by atoms with van der Waals surface area (Å²) in [5, 5.41) is 9.02. The van der Waals surface area contributed by atoms with Gasteiger partial charge in [0.1, 0.15) is 6.61 Å². The van der Waals surface area contributed by atoms with E-state index in [1.807, 2.05) is 30.3 Å². The molecule has 2 aromatic carbocycles. The third kappa shape index (κ3) is 3.23. The number of ether oxygens (including phenoxy) is 2. The summed E-state index contributed by atoms with van der Waals surface area (Å²) in [6.45, 7) is 0.0127. The van der Waals surface area contributed by atoms with E-state index in [1.54, 1.807) is 6.07 Å². The van der Waals surface area contributed by atoms with Gasteiger partial charge < -0.3 is 14.6 Å². The van der Waals surface area contributed by atoms with Crippen molar-refractivity contribution in [1.29, 1.82) is 0 Å². The van der Waals surface area contributed by atoms with Gasteiger partial charge in [-0.25, -0.2) is 4.39 Å². The number of benzene rings is 2. The number of aliphatic hydroxyl groups excluding tert-OH is 1. The number of halogens is 1. The fraction of sp³-hybridized carbons (Fsp3) is 0.200. The standard InChI is InChI=1S/C15H15FO3/c1-18-14-8-12(9-17)7-13(16)15(14)19-10-11-5-3-2-4-6-11/h2-8,17H,9-10H2,1H3. The van der Waals surface area contributed by atoms with Crippen molar-refractivity contribution in [3.8, 4) is 11.5 Å². The minimum Gasteiger partial charge on any atom is -0.493 e. The van der Waals surface area contributed by atoms with E-state index in [2.05, 4.69) is 0 Å². The van der Waals surface area contributed by atoms with Crippen molar-refractivity contribution in [2.45, 2.75) is 13.2 Å². The zero-order valence-corrected chi connectivity index (χ0v) is 10.6. The first-order valence-electron chi connectivity index (χ1n) is 5.88. The second-order valence-electron chi connectivity index (χ2n) is 4.04. The Morgan fingerprint density at radius 2 is 1.84 bits per heavy atom. The molecule has 0 aromatic heterocycles. The monoisotopic (exact) mass is 262 g/mol. The molecule has 0 aliphatic carbocycles. The lowest BCUT2D eigenvalue weighted by Crippen LogP contribution is -2.01. The lowest BCUT2D eigenvalue weighted by atomic mass is 10.2. The van der Waals surface area contributed by atoms with E-state index in [-0.39, 0.29) is 24.7 Å². The average molecular weight is 262 g/mol. The first-order chi connectivity index (χ1) is 9.24. The molecule has 0 unspecified atom stereocenters. The van der Waals surface area contributed by atoms with Crippen molar-refractivity contribution in [3.63, 3.8) is 0 Å². The highest BCUT2D eigenvalue weighted by Crippen LogP contribution is 2.32. The molecule has 2 rings (SSSR count). The van der Waals surface area contributed by atoms with Gasteiger partial charge in [-0.2, -0.15) is 0 Å². The molecule has 0 aliphatic rings. The Labute approximate surface area is 111 Å². The zero-order chi connectivity index (χ0) is 13.7. The van der Waals surface area contributed by atoms with Crippen LogP contribution in [0.5, 0.6) is 11.5 Å². The summed E-state index contributed by atoms with van der Waals surface area (Å²) in [5.41, 5.74) is 1.39. The molecule has 19 heavy (non-hydrogen) atoms. The van der Waals surface area contributed by atoms with Gasteiger partial charge in [0.2, 0.25) is 0 Å². The first-order valence-corrected chi connectivity index (χ1v) is 5.88. The fourth-order valence-electron chi connectivity index (χ4n) is 1.73. The van der Waals surface area contributed by atoms with Gasteiger partial charge in [0, 0.05) is 0 Å². The van der Waals surface area contributed by atoms with Crippen LogP contribution < -0.4 is 9.47 Å². The maximum Gasteiger partial charge on any atom is 0.197 e. The molecule has 1 N–H and O–H groups in total. The van der Waals surface area contributed by atoms with E-state index < -0.39 is 5.82 Å². The number of rotatable bonds is 5. The molecule has 0 atom stereocenters. The minimum atomic E-state index is -0.542. The lowest BCUT2D eigenvalue weighted by Gasteiger charge is -2.13. The summed E-state index contributed by atoms with van der Waals surface area (Å²) in [5.74, 6) is -0.206. The molecule has 0 spiro atoms. The van der Waals surface area contributed by atoms with Crippen LogP contribution in [0.4, 0.5) is 4.39 Å². The maximum absolute atomic E-state index is 13.9. The van der Waals surface area contributed by atoms with Gasteiger partial charge in [-0.15, -0.1) is 0 Å². The van der Waals surface area contributed by atoms with E-state index in [0.717, 1.165) is 5.56 Å². The van der Waals surface area contributed by atoms with Gasteiger partial charge in [0.05, 0.1) is 13.7 Å². The van der Waals surface area contributed by atoms with E-state index in [4.69, 9.17) is 14.6 Å². The van der Waals surface area contributed by atoms with Gasteiger partial charge in [-0.3, -0.25) is 0 Å². The molecule has 100 valence electrons. The average Bonchev–Trinajstić information content (AvgIpc) is 2.46. The third-order valence-corrected chi connectivity index (χ3v) is 2.70. The molecule has 0 heterocycles. The summed E-state index contributed by atoms with van der Waals surface area (Å²) in [6, 6.07) is 12.3. The molecular weight excluding hydrogens is 247 g/mol. The van der Waals surface area contributed by atoms with Crippen LogP contribution in [-0.2, 0) is 13.2 Å². The van der Waals surface area contributed by atoms with Crippen LogP contribution >= 0.6 is 0 Å². The Balaban J connectivity index is 2.20. The zero-order valence-electron chi connectivity index (χ0n) is 10.6. The molecule has 0 aliphatic heterocycles. The van der Waals surface area contributed by atoms with Gasteiger partial charge >= 0.3 is 0 Å². The van der Waals surface area contributed by atoms with Crippen LogP contribution in [0.15, 0.2) is 42.5 Å². The van der Waals surface area contributed by atoms with Crippen molar-refractivity contribution < 1.29 is 19.0 Å². The molecule has 3 nitrogen and oxygen atoms in total. The minimum absolute atomic E-state index is 0.0588. The molecule has 0 saturated carbocycles. The summed E-state index contributed by atoms with van der Waals surface area (Å²) in [6.07, 6.45) is 0. The smallest absolute Gasteiger partial charge is 0.197 e. The molecule has 2 aromatic rings. The Bertz CT molecular complexity index is 541. The highest BCUT2D eigenvalue weighted by atomic mass is 19.1. The predicted octanol–water partition coefficient (Wildman–Crippen LogP) is 2.91. The summed E-state index contributed by atoms with van der Waals surface area (Å²) in [4.78, 5) is 0. The Kier molecular flexibility index (Phi) is 4.36. The van der Waals surface area contributed by atoms with Crippen LogP contribution in [0.2, 0.25) is 0 Å². The number of aliphatic hydroxyl groups is 1. The molecule has 0 fully saturated rings. The highest BCUT2D eigenvalue weighted by molar-refractivity contribution is 5.44. The topological polar surface area (TPSA) is 38.7 Å². The maximum atomic E-state index is 13.9. The SMILES string of the molecule is COc1cc(CO)cc(F)c1OCc1ccccc1. The summed E-state index contributed by atoms with van der Waals surface area (Å²) in [7, 11) is 1.44. The summed E-state index contributed by atoms with van der Waals surface area (Å²) >= 11 is 0.